The van der Waals surface area contributed by atoms with Gasteiger partial charge < -0.3 is 13.9 Å². The van der Waals surface area contributed by atoms with E-state index in [0.717, 1.165) is 18.8 Å². The van der Waals surface area contributed by atoms with Crippen LogP contribution < -0.4 is 0 Å². The van der Waals surface area contributed by atoms with Crippen LogP contribution in [0.1, 0.15) is 39.2 Å². The molecule has 0 aromatic carbocycles. The Labute approximate surface area is 156 Å². The Hall–Kier alpha value is -2.29. The molecule has 1 rings (SSSR count). The van der Waals surface area contributed by atoms with Crippen LogP contribution in [0.15, 0.2) is 34.8 Å². The Morgan fingerprint density at radius 2 is 2.12 bits per heavy atom. The molecule has 26 heavy (non-hydrogen) atoms. The van der Waals surface area contributed by atoms with Crippen LogP contribution in [0.5, 0.6) is 0 Å². The second kappa shape index (κ2) is 11.3. The van der Waals surface area contributed by atoms with Gasteiger partial charge in [-0.1, -0.05) is 24.8 Å². The average Bonchev–Trinajstić information content (AvgIpc) is 3.06. The first-order valence-corrected chi connectivity index (χ1v) is 8.79. The van der Waals surface area contributed by atoms with Gasteiger partial charge in [-0.15, -0.1) is 0 Å². The van der Waals surface area contributed by atoms with Crippen LogP contribution in [0, 0.1) is 11.8 Å². The summed E-state index contributed by atoms with van der Waals surface area (Å²) in [6.07, 6.45) is 6.85. The van der Waals surface area contributed by atoms with E-state index >= 15 is 0 Å². The number of nitrogens with zero attached hydrogens (tertiary/aromatic N) is 1. The first kappa shape index (κ1) is 21.8. The summed E-state index contributed by atoms with van der Waals surface area (Å²) in [5.41, 5.74) is -0.434. The molecule has 0 saturated heterocycles. The van der Waals surface area contributed by atoms with Gasteiger partial charge in [-0.3, -0.25) is 4.90 Å². The van der Waals surface area contributed by atoms with E-state index in [2.05, 4.69) is 23.7 Å². The minimum Gasteiger partial charge on any atom is -0.463 e. The molecule has 142 valence electrons. The second-order valence-electron chi connectivity index (χ2n) is 6.10. The van der Waals surface area contributed by atoms with E-state index in [4.69, 9.17) is 13.9 Å². The number of allylic oxidation sites excluding steroid dienone is 1. The Morgan fingerprint density at radius 1 is 1.35 bits per heavy atom. The molecule has 1 heterocycles. The van der Waals surface area contributed by atoms with Gasteiger partial charge in [0.15, 0.2) is 0 Å². The number of methoxy groups -OCH3 is 1. The molecule has 0 saturated carbocycles. The number of hydrogen-bond acceptors (Lipinski definition) is 5. The van der Waals surface area contributed by atoms with Gasteiger partial charge in [0.2, 0.25) is 0 Å². The second-order valence-corrected chi connectivity index (χ2v) is 6.10. The Bertz CT molecular complexity index is 674. The Morgan fingerprint density at radius 3 is 2.77 bits per heavy atom. The number of likely N-dealkylation sites (N-methyl/N-ethyl adjacent to an activating group) is 1. The molecule has 0 atom stereocenters. The number of furan rings is 1. The maximum Gasteiger partial charge on any atom is 0.330 e. The highest BCUT2D eigenvalue weighted by Crippen LogP contribution is 2.12. The summed E-state index contributed by atoms with van der Waals surface area (Å²) >= 11 is 0. The van der Waals surface area contributed by atoms with Gasteiger partial charge in [-0.2, -0.15) is 0 Å². The number of rotatable bonds is 9. The summed E-state index contributed by atoms with van der Waals surface area (Å²) in [4.78, 5) is 13.5. The molecule has 0 aliphatic rings. The van der Waals surface area contributed by atoms with Crippen LogP contribution in [0.3, 0.4) is 0 Å². The summed E-state index contributed by atoms with van der Waals surface area (Å²) in [5, 5.41) is 0. The monoisotopic (exact) mass is 359 g/mol. The summed E-state index contributed by atoms with van der Waals surface area (Å²) in [7, 11) is 1.65. The molecule has 0 bridgehead atoms. The molecule has 0 radical (unpaired) electrons. The van der Waals surface area contributed by atoms with Crippen LogP contribution in [0.25, 0.3) is 6.08 Å². The van der Waals surface area contributed by atoms with Crippen molar-refractivity contribution in [1.82, 2.24) is 4.90 Å². The Balaban J connectivity index is 2.54. The van der Waals surface area contributed by atoms with Gasteiger partial charge >= 0.3 is 5.97 Å². The van der Waals surface area contributed by atoms with Crippen LogP contribution in [-0.4, -0.2) is 43.3 Å². The third-order valence-electron chi connectivity index (χ3n) is 3.63. The zero-order valence-electron chi connectivity index (χ0n) is 16.4. The van der Waals surface area contributed by atoms with E-state index in [0.29, 0.717) is 18.9 Å². The van der Waals surface area contributed by atoms with Crippen molar-refractivity contribution in [3.63, 3.8) is 0 Å². The topological polar surface area (TPSA) is 51.9 Å². The van der Waals surface area contributed by atoms with Crippen molar-refractivity contribution in [2.75, 3.05) is 26.8 Å². The number of carbonyl (C=O) groups excluding carboxylic acids is 1. The Kier molecular flexibility index (Phi) is 9.50. The molecule has 1 aromatic rings. The summed E-state index contributed by atoms with van der Waals surface area (Å²) in [6.45, 7) is 10.4. The molecule has 0 aliphatic carbocycles. The van der Waals surface area contributed by atoms with Crippen LogP contribution in [0.2, 0.25) is 0 Å². The van der Waals surface area contributed by atoms with Crippen molar-refractivity contribution in [2.45, 2.75) is 39.8 Å². The number of esters is 1. The van der Waals surface area contributed by atoms with E-state index < -0.39 is 5.60 Å². The zero-order valence-corrected chi connectivity index (χ0v) is 16.4. The highest BCUT2D eigenvalue weighted by atomic mass is 16.5. The molecule has 0 fully saturated rings. The van der Waals surface area contributed by atoms with E-state index in [9.17, 15) is 4.79 Å². The fraction of sp³-hybridized carbons (Fsp3) is 0.476. The lowest BCUT2D eigenvalue weighted by atomic mass is 10.1. The molecule has 0 spiro atoms. The van der Waals surface area contributed by atoms with Gasteiger partial charge in [0.05, 0.1) is 13.2 Å². The highest BCUT2D eigenvalue weighted by Gasteiger charge is 2.10. The fourth-order valence-corrected chi connectivity index (χ4v) is 1.96. The molecular weight excluding hydrogens is 330 g/mol. The first-order valence-electron chi connectivity index (χ1n) is 8.79. The maximum atomic E-state index is 11.3. The predicted molar refractivity (Wildman–Crippen MR) is 103 cm³/mol. The van der Waals surface area contributed by atoms with E-state index in [1.54, 1.807) is 20.1 Å². The highest BCUT2D eigenvalue weighted by molar-refractivity contribution is 5.86. The lowest BCUT2D eigenvalue weighted by molar-refractivity contribution is -0.137. The third-order valence-corrected chi connectivity index (χ3v) is 3.63. The minimum atomic E-state index is -0.434. The third kappa shape index (κ3) is 8.70. The smallest absolute Gasteiger partial charge is 0.330 e. The van der Waals surface area contributed by atoms with Gasteiger partial charge in [0.25, 0.3) is 0 Å². The van der Waals surface area contributed by atoms with Crippen molar-refractivity contribution in [1.29, 1.82) is 0 Å². The van der Waals surface area contributed by atoms with Gasteiger partial charge in [0, 0.05) is 19.7 Å². The molecule has 0 aliphatic heterocycles. The first-order chi connectivity index (χ1) is 12.4. The average molecular weight is 359 g/mol. The van der Waals surface area contributed by atoms with Gasteiger partial charge in [-0.05, 0) is 51.6 Å². The largest absolute Gasteiger partial charge is 0.463 e. The van der Waals surface area contributed by atoms with Crippen molar-refractivity contribution < 1.29 is 18.7 Å². The lowest BCUT2D eigenvalue weighted by Gasteiger charge is -2.16. The standard InChI is InChI=1S/C21H29NO4/c1-6-22(16-10-8-9-15-21(3,4)24-5)17-19-12-11-18(26-19)13-14-20(23)25-7-2/h8,10-14H,6-7,16-17H2,1-5H3/b10-8+,14-13+. The van der Waals surface area contributed by atoms with E-state index in [1.165, 1.54) is 6.08 Å². The molecule has 5 nitrogen and oxygen atoms in total. The number of ether oxygens (including phenoxy) is 2. The summed E-state index contributed by atoms with van der Waals surface area (Å²) < 4.78 is 15.8. The molecule has 0 unspecified atom stereocenters. The summed E-state index contributed by atoms with van der Waals surface area (Å²) in [6, 6.07) is 3.76. The van der Waals surface area contributed by atoms with Crippen LogP contribution in [0.4, 0.5) is 0 Å². The number of carbonyl (C=O) groups is 1. The molecule has 0 amide bonds. The quantitative estimate of drug-likeness (QED) is 0.383. The zero-order chi connectivity index (χ0) is 19.4. The molecule has 1 aromatic heterocycles. The van der Waals surface area contributed by atoms with E-state index in [1.807, 2.05) is 38.1 Å². The fourth-order valence-electron chi connectivity index (χ4n) is 1.96. The normalized spacial score (nSPS) is 11.9. The number of hydrogen-bond donors (Lipinski definition) is 0. The van der Waals surface area contributed by atoms with E-state index in [-0.39, 0.29) is 5.97 Å². The van der Waals surface area contributed by atoms with Crippen molar-refractivity contribution in [3.05, 3.63) is 41.9 Å². The van der Waals surface area contributed by atoms with Gasteiger partial charge in [0.1, 0.15) is 17.1 Å². The van der Waals surface area contributed by atoms with Crippen molar-refractivity contribution >= 4 is 12.0 Å². The molecule has 0 N–H and O–H groups in total. The SMILES string of the molecule is CCOC(=O)/C=C/c1ccc(CN(CC)C/C=C/C#CC(C)(C)OC)o1. The van der Waals surface area contributed by atoms with Gasteiger partial charge in [-0.25, -0.2) is 4.79 Å². The molecular formula is C21H29NO4. The minimum absolute atomic E-state index is 0.360. The van der Waals surface area contributed by atoms with Crippen LogP contribution >= 0.6 is 0 Å². The van der Waals surface area contributed by atoms with Crippen molar-refractivity contribution in [3.8, 4) is 11.8 Å². The van der Waals surface area contributed by atoms with Crippen molar-refractivity contribution in [2.24, 2.45) is 0 Å². The predicted octanol–water partition coefficient (Wildman–Crippen LogP) is 3.66. The molecule has 5 heteroatoms. The maximum absolute atomic E-state index is 11.3. The summed E-state index contributed by atoms with van der Waals surface area (Å²) in [5.74, 6) is 7.15. The lowest BCUT2D eigenvalue weighted by Crippen LogP contribution is -2.22. The van der Waals surface area contributed by atoms with Crippen LogP contribution in [-0.2, 0) is 20.8 Å².